The minimum Gasteiger partial charge on any atom is -0.549 e. The van der Waals surface area contributed by atoms with Gasteiger partial charge in [0.05, 0.1) is 29.8 Å². The van der Waals surface area contributed by atoms with Gasteiger partial charge in [0.15, 0.2) is 0 Å². The van der Waals surface area contributed by atoms with Crippen LogP contribution in [0.15, 0.2) is 24.3 Å². The number of benzene rings is 1. The molecule has 1 unspecified atom stereocenters. The summed E-state index contributed by atoms with van der Waals surface area (Å²) in [6.45, 7) is -2.41. The molecule has 0 saturated heterocycles. The summed E-state index contributed by atoms with van der Waals surface area (Å²) >= 11 is 0. The maximum absolute atomic E-state index is 11.3. The van der Waals surface area contributed by atoms with Crippen molar-refractivity contribution < 1.29 is 49.5 Å². The first-order chi connectivity index (χ1) is 16.3. The van der Waals surface area contributed by atoms with Gasteiger partial charge in [-0.15, -0.1) is 0 Å². The van der Waals surface area contributed by atoms with Crippen molar-refractivity contribution in [1.82, 2.24) is 14.7 Å². The van der Waals surface area contributed by atoms with Crippen molar-refractivity contribution in [3.63, 3.8) is 0 Å². The Morgan fingerprint density at radius 1 is 0.657 bits per heavy atom. The third-order valence-corrected chi connectivity index (χ3v) is 5.03. The van der Waals surface area contributed by atoms with Crippen LogP contribution in [-0.2, 0) is 30.4 Å². The minimum atomic E-state index is -1.55. The first-order valence-electron chi connectivity index (χ1n) is 10.6. The molecule has 0 aliphatic heterocycles. The number of carboxylic acids is 5. The van der Waals surface area contributed by atoms with Crippen molar-refractivity contribution in [2.75, 3.05) is 52.4 Å². The van der Waals surface area contributed by atoms with E-state index in [1.54, 1.807) is 24.3 Å². The summed E-state index contributed by atoms with van der Waals surface area (Å²) < 4.78 is 0. The summed E-state index contributed by atoms with van der Waals surface area (Å²) in [7, 11) is 0. The van der Waals surface area contributed by atoms with Crippen LogP contribution in [-0.4, -0.2) is 103 Å². The molecular formula is C22H26N3O10-5. The molecule has 0 bridgehead atoms. The SMILES string of the molecule is Cc1ccc(CC(CN(CCN(CC(=O)[O-])CC(=O)[O-])CC(=O)[O-])N(CC(=O)[O-])CC(=O)[O-])cc1. The topological polar surface area (TPSA) is 210 Å². The Bertz CT molecular complexity index is 858. The van der Waals surface area contributed by atoms with Crippen LogP contribution in [0, 0.1) is 6.92 Å². The molecule has 0 N–H and O–H groups in total. The molecule has 1 atom stereocenters. The molecular weight excluding hydrogens is 466 g/mol. The van der Waals surface area contributed by atoms with Crippen LogP contribution in [0.5, 0.6) is 0 Å². The van der Waals surface area contributed by atoms with Crippen molar-refractivity contribution >= 4 is 29.8 Å². The van der Waals surface area contributed by atoms with E-state index < -0.39 is 68.6 Å². The lowest BCUT2D eigenvalue weighted by Crippen LogP contribution is -2.55. The summed E-state index contributed by atoms with van der Waals surface area (Å²) in [5.41, 5.74) is 1.66. The lowest BCUT2D eigenvalue weighted by molar-refractivity contribution is -0.313. The number of carbonyl (C=O) groups excluding carboxylic acids is 5. The van der Waals surface area contributed by atoms with Crippen LogP contribution in [0.25, 0.3) is 0 Å². The largest absolute Gasteiger partial charge is 0.549 e. The number of hydrogen-bond donors (Lipinski definition) is 0. The summed E-state index contributed by atoms with van der Waals surface area (Å²) in [5, 5.41) is 55.6. The second kappa shape index (κ2) is 14.7. The molecule has 13 heteroatoms. The fraction of sp³-hybridized carbons (Fsp3) is 0.500. The first-order valence-corrected chi connectivity index (χ1v) is 10.6. The van der Waals surface area contributed by atoms with Crippen molar-refractivity contribution in [3.8, 4) is 0 Å². The van der Waals surface area contributed by atoms with Crippen molar-refractivity contribution in [2.45, 2.75) is 19.4 Å². The van der Waals surface area contributed by atoms with Crippen molar-refractivity contribution in [2.24, 2.45) is 0 Å². The monoisotopic (exact) mass is 492 g/mol. The third kappa shape index (κ3) is 13.1. The van der Waals surface area contributed by atoms with Gasteiger partial charge in [0.1, 0.15) is 0 Å². The van der Waals surface area contributed by atoms with Crippen molar-refractivity contribution in [1.29, 1.82) is 0 Å². The van der Waals surface area contributed by atoms with E-state index >= 15 is 0 Å². The number of aryl methyl sites for hydroxylation is 1. The third-order valence-electron chi connectivity index (χ3n) is 5.03. The van der Waals surface area contributed by atoms with Crippen LogP contribution in [0.1, 0.15) is 11.1 Å². The molecule has 1 aromatic rings. The molecule has 0 radical (unpaired) electrons. The van der Waals surface area contributed by atoms with E-state index in [-0.39, 0.29) is 26.1 Å². The number of rotatable bonds is 18. The highest BCUT2D eigenvalue weighted by atomic mass is 16.4. The van der Waals surface area contributed by atoms with Gasteiger partial charge in [0.2, 0.25) is 0 Å². The summed E-state index contributed by atoms with van der Waals surface area (Å²) in [4.78, 5) is 58.9. The molecule has 0 spiro atoms. The summed E-state index contributed by atoms with van der Waals surface area (Å²) in [5.74, 6) is -7.72. The van der Waals surface area contributed by atoms with Crippen LogP contribution < -0.4 is 25.5 Å². The van der Waals surface area contributed by atoms with Crippen LogP contribution in [0.4, 0.5) is 0 Å². The van der Waals surface area contributed by atoms with E-state index in [1.807, 2.05) is 6.92 Å². The van der Waals surface area contributed by atoms with Gasteiger partial charge in [-0.25, -0.2) is 0 Å². The maximum atomic E-state index is 11.3. The lowest BCUT2D eigenvalue weighted by Gasteiger charge is -2.37. The second-order valence-corrected chi connectivity index (χ2v) is 8.05. The standard InChI is InChI=1S/C22H31N3O10/c1-15-2-4-16(5-3-15)8-17(25(13-21(32)33)14-22(34)35)9-23(10-18(26)27)6-7-24(11-19(28)29)12-20(30)31/h2-5,17H,6-14H2,1H3,(H,26,27)(H,28,29)(H,30,31)(H,32,33)(H,34,35)/p-5. The van der Waals surface area contributed by atoms with Crippen molar-refractivity contribution in [3.05, 3.63) is 35.4 Å². The second-order valence-electron chi connectivity index (χ2n) is 8.05. The zero-order valence-corrected chi connectivity index (χ0v) is 19.2. The fourth-order valence-corrected chi connectivity index (χ4v) is 3.53. The average molecular weight is 492 g/mol. The Kier molecular flexibility index (Phi) is 12.3. The van der Waals surface area contributed by atoms with Gasteiger partial charge in [-0.05, 0) is 18.9 Å². The van der Waals surface area contributed by atoms with Gasteiger partial charge in [-0.3, -0.25) is 14.7 Å². The summed E-state index contributed by atoms with van der Waals surface area (Å²) in [6.07, 6.45) is 0.131. The molecule has 0 fully saturated rings. The zero-order valence-electron chi connectivity index (χ0n) is 19.2. The average Bonchev–Trinajstić information content (AvgIpc) is 2.70. The van der Waals surface area contributed by atoms with Gasteiger partial charge in [0.25, 0.3) is 0 Å². The molecule has 1 rings (SSSR count). The molecule has 0 aromatic heterocycles. The fourth-order valence-electron chi connectivity index (χ4n) is 3.53. The highest BCUT2D eigenvalue weighted by Crippen LogP contribution is 2.13. The van der Waals surface area contributed by atoms with E-state index in [0.717, 1.165) is 15.4 Å². The first kappa shape index (κ1) is 29.5. The number of nitrogens with zero attached hydrogens (tertiary/aromatic N) is 3. The Balaban J connectivity index is 3.17. The number of hydrogen-bond acceptors (Lipinski definition) is 13. The summed E-state index contributed by atoms with van der Waals surface area (Å²) in [6, 6.07) is 6.26. The van der Waals surface area contributed by atoms with Gasteiger partial charge in [-0.1, -0.05) is 29.8 Å². The quantitative estimate of drug-likeness (QED) is 0.187. The van der Waals surface area contributed by atoms with E-state index in [2.05, 4.69) is 0 Å². The Morgan fingerprint density at radius 3 is 1.49 bits per heavy atom. The van der Waals surface area contributed by atoms with Crippen LogP contribution in [0.3, 0.4) is 0 Å². The van der Waals surface area contributed by atoms with Crippen LogP contribution in [0.2, 0.25) is 0 Å². The van der Waals surface area contributed by atoms with Gasteiger partial charge in [0, 0.05) is 58.4 Å². The zero-order chi connectivity index (χ0) is 26.5. The highest BCUT2D eigenvalue weighted by molar-refractivity contribution is 5.71. The number of aliphatic carboxylic acids is 5. The van der Waals surface area contributed by atoms with Gasteiger partial charge >= 0.3 is 0 Å². The molecule has 1 aromatic carbocycles. The maximum Gasteiger partial charge on any atom is 0.0555 e. The molecule has 35 heavy (non-hydrogen) atoms. The van der Waals surface area contributed by atoms with E-state index in [9.17, 15) is 49.5 Å². The van der Waals surface area contributed by atoms with Gasteiger partial charge < -0.3 is 49.5 Å². The molecule has 0 aliphatic rings. The number of carboxylic acid groups (broad SMARTS) is 5. The Morgan fingerprint density at radius 2 is 1.06 bits per heavy atom. The smallest absolute Gasteiger partial charge is 0.0555 e. The lowest BCUT2D eigenvalue weighted by atomic mass is 10.0. The number of carbonyl (C=O) groups is 5. The van der Waals surface area contributed by atoms with E-state index in [0.29, 0.717) is 5.56 Å². The molecule has 0 amide bonds. The van der Waals surface area contributed by atoms with E-state index in [4.69, 9.17) is 0 Å². The van der Waals surface area contributed by atoms with Gasteiger partial charge in [-0.2, -0.15) is 0 Å². The van der Waals surface area contributed by atoms with E-state index in [1.165, 1.54) is 4.90 Å². The normalized spacial score (nSPS) is 12.1. The molecule has 0 aliphatic carbocycles. The van der Waals surface area contributed by atoms with Crippen LogP contribution >= 0.6 is 0 Å². The predicted molar refractivity (Wildman–Crippen MR) is 108 cm³/mol. The predicted octanol–water partition coefficient (Wildman–Crippen LogP) is -7.44. The molecule has 0 saturated carbocycles. The Hall–Kier alpha value is -3.55. The molecule has 0 heterocycles. The molecule has 194 valence electrons. The Labute approximate surface area is 201 Å². The molecule has 13 nitrogen and oxygen atoms in total. The highest BCUT2D eigenvalue weighted by Gasteiger charge is 2.23. The minimum absolute atomic E-state index is 0.131.